The van der Waals surface area contributed by atoms with E-state index in [1.807, 2.05) is 32.0 Å². The van der Waals surface area contributed by atoms with E-state index in [0.29, 0.717) is 18.1 Å². The Morgan fingerprint density at radius 3 is 2.39 bits per heavy atom. The monoisotopic (exact) mass is 254 g/mol. The molecule has 2 unspecified atom stereocenters. The van der Waals surface area contributed by atoms with Gasteiger partial charge in [0, 0.05) is 6.61 Å². The van der Waals surface area contributed by atoms with Crippen LogP contribution >= 0.6 is 0 Å². The number of nitrogens with two attached hydrogens (primary N) is 1. The van der Waals surface area contributed by atoms with E-state index in [-0.39, 0.29) is 12.1 Å². The van der Waals surface area contributed by atoms with Crippen LogP contribution in [0.2, 0.25) is 0 Å². The van der Waals surface area contributed by atoms with E-state index in [0.717, 1.165) is 5.56 Å². The Morgan fingerprint density at radius 2 is 1.89 bits per heavy atom. The Labute approximate surface area is 108 Å². The van der Waals surface area contributed by atoms with Gasteiger partial charge in [-0.05, 0) is 31.5 Å². The summed E-state index contributed by atoms with van der Waals surface area (Å²) in [5.74, 6) is 6.97. The van der Waals surface area contributed by atoms with Gasteiger partial charge in [0.05, 0.1) is 26.4 Å². The molecule has 0 heterocycles. The van der Waals surface area contributed by atoms with Crippen LogP contribution in [0.3, 0.4) is 0 Å². The Hall–Kier alpha value is -1.30. The lowest BCUT2D eigenvalue weighted by molar-refractivity contribution is 0.0472. The maximum Gasteiger partial charge on any atom is 0.161 e. The molecule has 5 heteroatoms. The molecule has 0 aromatic heterocycles. The van der Waals surface area contributed by atoms with E-state index in [1.165, 1.54) is 0 Å². The van der Waals surface area contributed by atoms with Crippen molar-refractivity contribution >= 4 is 0 Å². The van der Waals surface area contributed by atoms with Gasteiger partial charge in [0.15, 0.2) is 11.5 Å². The first-order valence-corrected chi connectivity index (χ1v) is 5.97. The van der Waals surface area contributed by atoms with Crippen molar-refractivity contribution in [1.82, 2.24) is 5.43 Å². The van der Waals surface area contributed by atoms with Gasteiger partial charge in [0.2, 0.25) is 0 Å². The molecule has 0 aliphatic heterocycles. The highest BCUT2D eigenvalue weighted by Crippen LogP contribution is 2.31. The maximum absolute atomic E-state index is 5.60. The Balaban J connectivity index is 2.99. The molecule has 0 spiro atoms. The fourth-order valence-corrected chi connectivity index (χ4v) is 1.91. The Morgan fingerprint density at radius 1 is 1.22 bits per heavy atom. The summed E-state index contributed by atoms with van der Waals surface area (Å²) in [5.41, 5.74) is 3.77. The minimum Gasteiger partial charge on any atom is -0.493 e. The van der Waals surface area contributed by atoms with Gasteiger partial charge in [0.1, 0.15) is 0 Å². The number of ether oxygens (including phenoxy) is 3. The van der Waals surface area contributed by atoms with Crippen molar-refractivity contribution in [3.05, 3.63) is 23.8 Å². The molecule has 0 fully saturated rings. The quantitative estimate of drug-likeness (QED) is 0.572. The van der Waals surface area contributed by atoms with Crippen molar-refractivity contribution in [3.8, 4) is 11.5 Å². The topological polar surface area (TPSA) is 65.7 Å². The number of hydrazine groups is 1. The molecule has 1 rings (SSSR count). The first-order chi connectivity index (χ1) is 8.67. The normalized spacial score (nSPS) is 14.1. The molecule has 1 aromatic carbocycles. The summed E-state index contributed by atoms with van der Waals surface area (Å²) in [4.78, 5) is 0. The summed E-state index contributed by atoms with van der Waals surface area (Å²) in [7, 11) is 3.22. The van der Waals surface area contributed by atoms with Crippen molar-refractivity contribution in [3.63, 3.8) is 0 Å². The molecule has 0 aliphatic rings. The van der Waals surface area contributed by atoms with Gasteiger partial charge in [0.25, 0.3) is 0 Å². The van der Waals surface area contributed by atoms with E-state index in [1.54, 1.807) is 14.2 Å². The van der Waals surface area contributed by atoms with Crippen molar-refractivity contribution in [2.45, 2.75) is 26.0 Å². The summed E-state index contributed by atoms with van der Waals surface area (Å²) in [6, 6.07) is 5.61. The molecule has 0 bridgehead atoms. The maximum atomic E-state index is 5.60. The molecule has 1 aromatic rings. The number of nitrogens with one attached hydrogen (secondary N) is 1. The molecule has 0 saturated heterocycles. The van der Waals surface area contributed by atoms with Crippen molar-refractivity contribution < 1.29 is 14.2 Å². The predicted molar refractivity (Wildman–Crippen MR) is 70.7 cm³/mol. The van der Waals surface area contributed by atoms with Crippen LogP contribution in [0.15, 0.2) is 18.2 Å². The van der Waals surface area contributed by atoms with Crippen molar-refractivity contribution in [2.75, 3.05) is 20.8 Å². The van der Waals surface area contributed by atoms with E-state index in [2.05, 4.69) is 5.43 Å². The van der Waals surface area contributed by atoms with Crippen LogP contribution in [-0.4, -0.2) is 26.9 Å². The number of methoxy groups -OCH3 is 2. The fraction of sp³-hybridized carbons (Fsp3) is 0.538. The molecular formula is C13H22N2O3. The Bertz CT molecular complexity index is 371. The first kappa shape index (κ1) is 14.8. The van der Waals surface area contributed by atoms with Crippen LogP contribution in [0.1, 0.15) is 25.5 Å². The minimum absolute atomic E-state index is 0.0295. The van der Waals surface area contributed by atoms with Crippen LogP contribution < -0.4 is 20.7 Å². The molecule has 3 N–H and O–H groups in total. The third-order valence-electron chi connectivity index (χ3n) is 2.85. The van der Waals surface area contributed by atoms with Crippen molar-refractivity contribution in [1.29, 1.82) is 0 Å². The zero-order chi connectivity index (χ0) is 13.5. The molecule has 0 amide bonds. The highest BCUT2D eigenvalue weighted by Gasteiger charge is 2.19. The number of hydrogen-bond acceptors (Lipinski definition) is 5. The van der Waals surface area contributed by atoms with Gasteiger partial charge >= 0.3 is 0 Å². The number of rotatable bonds is 7. The van der Waals surface area contributed by atoms with Crippen LogP contribution in [0.25, 0.3) is 0 Å². The summed E-state index contributed by atoms with van der Waals surface area (Å²) in [5, 5.41) is 0. The third-order valence-corrected chi connectivity index (χ3v) is 2.85. The van der Waals surface area contributed by atoms with Crippen LogP contribution in [0.5, 0.6) is 11.5 Å². The van der Waals surface area contributed by atoms with E-state index in [9.17, 15) is 0 Å². The minimum atomic E-state index is -0.0928. The second-order valence-corrected chi connectivity index (χ2v) is 3.92. The average molecular weight is 254 g/mol. The first-order valence-electron chi connectivity index (χ1n) is 5.97. The number of hydrogen-bond donors (Lipinski definition) is 2. The third kappa shape index (κ3) is 3.35. The molecule has 0 saturated carbocycles. The van der Waals surface area contributed by atoms with Crippen molar-refractivity contribution in [2.24, 2.45) is 5.84 Å². The zero-order valence-electron chi connectivity index (χ0n) is 11.4. The van der Waals surface area contributed by atoms with E-state index in [4.69, 9.17) is 20.1 Å². The highest BCUT2D eigenvalue weighted by molar-refractivity contribution is 5.44. The fourth-order valence-electron chi connectivity index (χ4n) is 1.91. The highest BCUT2D eigenvalue weighted by atomic mass is 16.5. The molecule has 0 aliphatic carbocycles. The second-order valence-electron chi connectivity index (χ2n) is 3.92. The average Bonchev–Trinajstić information content (AvgIpc) is 2.39. The summed E-state index contributed by atoms with van der Waals surface area (Å²) in [6.07, 6.45) is -0.0295. The Kier molecular flexibility index (Phi) is 5.91. The zero-order valence-corrected chi connectivity index (χ0v) is 11.4. The van der Waals surface area contributed by atoms with E-state index < -0.39 is 0 Å². The van der Waals surface area contributed by atoms with Crippen LogP contribution in [0, 0.1) is 0 Å². The summed E-state index contributed by atoms with van der Waals surface area (Å²) in [6.45, 7) is 4.58. The summed E-state index contributed by atoms with van der Waals surface area (Å²) < 4.78 is 16.0. The molecule has 5 nitrogen and oxygen atoms in total. The van der Waals surface area contributed by atoms with Gasteiger partial charge in [-0.25, -0.2) is 0 Å². The molecular weight excluding hydrogens is 232 g/mol. The molecule has 18 heavy (non-hydrogen) atoms. The van der Waals surface area contributed by atoms with Gasteiger partial charge in [-0.1, -0.05) is 6.07 Å². The van der Waals surface area contributed by atoms with Gasteiger partial charge in [-0.3, -0.25) is 11.3 Å². The van der Waals surface area contributed by atoms with Gasteiger partial charge in [-0.15, -0.1) is 0 Å². The smallest absolute Gasteiger partial charge is 0.161 e. The van der Waals surface area contributed by atoms with Gasteiger partial charge in [-0.2, -0.15) is 0 Å². The SMILES string of the molecule is CCOC(C)C(NN)c1ccc(OC)c(OC)c1. The lowest BCUT2D eigenvalue weighted by Crippen LogP contribution is -2.36. The lowest BCUT2D eigenvalue weighted by Gasteiger charge is -2.24. The van der Waals surface area contributed by atoms with E-state index >= 15 is 0 Å². The van der Waals surface area contributed by atoms with Gasteiger partial charge < -0.3 is 14.2 Å². The predicted octanol–water partition coefficient (Wildman–Crippen LogP) is 1.63. The molecule has 0 radical (unpaired) electrons. The second kappa shape index (κ2) is 7.20. The summed E-state index contributed by atoms with van der Waals surface area (Å²) >= 11 is 0. The lowest BCUT2D eigenvalue weighted by atomic mass is 10.0. The van der Waals surface area contributed by atoms with Crippen LogP contribution in [0.4, 0.5) is 0 Å². The number of benzene rings is 1. The van der Waals surface area contributed by atoms with Crippen LogP contribution in [-0.2, 0) is 4.74 Å². The molecule has 2 atom stereocenters. The largest absolute Gasteiger partial charge is 0.493 e. The molecule has 102 valence electrons. The standard InChI is InChI=1S/C13H22N2O3/c1-5-18-9(2)13(15-14)10-6-7-11(16-3)12(8-10)17-4/h6-9,13,15H,5,14H2,1-4H3.